The van der Waals surface area contributed by atoms with Crippen molar-refractivity contribution in [1.29, 1.82) is 0 Å². The predicted molar refractivity (Wildman–Crippen MR) is 426 cm³/mol. The molecule has 680 valence electrons. The summed E-state index contributed by atoms with van der Waals surface area (Å²) in [5, 5.41) is 142. The molecule has 2 heterocycles. The van der Waals surface area contributed by atoms with E-state index in [0.717, 1.165) is 44.4 Å². The fourth-order valence-electron chi connectivity index (χ4n) is 5.07. The minimum Gasteiger partial charge on any atom is -0.481 e. The van der Waals surface area contributed by atoms with Gasteiger partial charge in [0.25, 0.3) is 0 Å². The van der Waals surface area contributed by atoms with Crippen molar-refractivity contribution in [2.75, 3.05) is 49.8 Å². The van der Waals surface area contributed by atoms with Gasteiger partial charge in [0.1, 0.15) is 78.5 Å². The summed E-state index contributed by atoms with van der Waals surface area (Å²) in [5.41, 5.74) is 71.7. The van der Waals surface area contributed by atoms with Gasteiger partial charge in [-0.25, -0.2) is 4.98 Å². The fourth-order valence-corrected chi connectivity index (χ4v) is 7.79. The predicted octanol–water partition coefficient (Wildman–Crippen LogP) is -5.96. The van der Waals surface area contributed by atoms with E-state index in [9.17, 15) is 71.9 Å². The second-order valence-corrected chi connectivity index (χ2v) is 27.4. The summed E-state index contributed by atoms with van der Waals surface area (Å²) in [4.78, 5) is 156. The molecule has 1 aliphatic heterocycles. The Labute approximate surface area is 677 Å². The van der Waals surface area contributed by atoms with Crippen LogP contribution in [0.2, 0.25) is 0 Å². The summed E-state index contributed by atoms with van der Waals surface area (Å²) in [6.07, 6.45) is 9.97. The number of nitrogens with two attached hydrogens (primary N) is 14. The molecule has 1 aromatic rings. The van der Waals surface area contributed by atoms with Crippen LogP contribution in [0.15, 0.2) is 12.5 Å². The number of aromatic amines is 1. The van der Waals surface area contributed by atoms with Crippen molar-refractivity contribution in [1.82, 2.24) is 21.4 Å². The number of carboxylic acid groups (broad SMARTS) is 15. The van der Waals surface area contributed by atoms with Crippen LogP contribution in [0.3, 0.4) is 0 Å². The Bertz CT molecular complexity index is 2700. The molecule has 50 N–H and O–H groups in total. The molecule has 0 spiro atoms. The van der Waals surface area contributed by atoms with Crippen LogP contribution in [0.5, 0.6) is 0 Å². The van der Waals surface area contributed by atoms with E-state index < -0.39 is 175 Å². The number of hydrogen-bond donors (Lipinski definition) is 34. The quantitative estimate of drug-likeness (QED) is 0.0216. The molecule has 15 atom stereocenters. The molecular formula is C62H132N18O32S3. The molecule has 0 unspecified atom stereocenters. The zero-order chi connectivity index (χ0) is 92.4. The largest absolute Gasteiger partial charge is 0.481 e. The van der Waals surface area contributed by atoms with Crippen molar-refractivity contribution in [3.05, 3.63) is 18.2 Å². The number of carboxylic acids is 15. The maximum atomic E-state index is 10.3. The summed E-state index contributed by atoms with van der Waals surface area (Å²) in [6, 6.07) is -10.6. The molecule has 1 saturated heterocycles. The van der Waals surface area contributed by atoms with E-state index in [1.807, 2.05) is 34.0 Å². The van der Waals surface area contributed by atoms with Gasteiger partial charge in [-0.2, -0.15) is 11.8 Å². The van der Waals surface area contributed by atoms with Crippen molar-refractivity contribution in [2.24, 2.45) is 98.0 Å². The topological polar surface area (TPSA) is 1040 Å². The highest BCUT2D eigenvalue weighted by atomic mass is 33.1. The number of carbonyl (C=O) groups is 15. The Kier molecular flexibility index (Phi) is 98.1. The molecule has 0 aliphatic carbocycles. The first-order valence-corrected chi connectivity index (χ1v) is 37.7. The fraction of sp³-hybridized carbons (Fsp3) is 0.710. The van der Waals surface area contributed by atoms with Gasteiger partial charge in [-0.15, -0.1) is 0 Å². The van der Waals surface area contributed by atoms with Crippen LogP contribution in [0.4, 0.5) is 0 Å². The van der Waals surface area contributed by atoms with Crippen LogP contribution in [0.1, 0.15) is 125 Å². The summed E-state index contributed by atoms with van der Waals surface area (Å²) in [6.45, 7) is 14.6. The van der Waals surface area contributed by atoms with Crippen LogP contribution < -0.4 is 91.7 Å². The highest BCUT2D eigenvalue weighted by molar-refractivity contribution is 8.76. The van der Waals surface area contributed by atoms with Crippen molar-refractivity contribution >= 4 is 123 Å². The average Bonchev–Trinajstić information content (AvgIpc) is 1.83. The van der Waals surface area contributed by atoms with Gasteiger partial charge in [0.05, 0.1) is 31.3 Å². The van der Waals surface area contributed by atoms with Gasteiger partial charge < -0.3 is 184 Å². The Morgan fingerprint density at radius 3 is 1.06 bits per heavy atom. The molecule has 1 aliphatic rings. The van der Waals surface area contributed by atoms with E-state index in [0.29, 0.717) is 37.4 Å². The number of nitrogens with zero attached hydrogens (tertiary/aromatic N) is 1. The minimum atomic E-state index is -1.18. The van der Waals surface area contributed by atoms with Gasteiger partial charge in [-0.05, 0) is 102 Å². The number of aliphatic carboxylic acids is 15. The number of unbranched alkanes of at least 4 members (excludes halogenated alkanes) is 1. The van der Waals surface area contributed by atoms with Crippen molar-refractivity contribution < 1.29 is 159 Å². The lowest BCUT2D eigenvalue weighted by Crippen LogP contribution is -2.39. The average molecular weight is 1740 g/mol. The number of thioether (sulfide) groups is 1. The van der Waals surface area contributed by atoms with Gasteiger partial charge in [-0.3, -0.25) is 71.9 Å². The molecule has 0 aromatic carbocycles. The molecule has 0 bridgehead atoms. The van der Waals surface area contributed by atoms with Crippen molar-refractivity contribution in [3.63, 3.8) is 0 Å². The molecule has 50 nitrogen and oxygen atoms in total. The third kappa shape index (κ3) is 104. The zero-order valence-corrected chi connectivity index (χ0v) is 68.3. The van der Waals surface area contributed by atoms with E-state index in [2.05, 4.69) is 21.0 Å². The van der Waals surface area contributed by atoms with Crippen molar-refractivity contribution in [2.45, 2.75) is 211 Å². The molecule has 115 heavy (non-hydrogen) atoms. The van der Waals surface area contributed by atoms with Gasteiger partial charge >= 0.3 is 89.5 Å². The molecule has 1 aromatic heterocycles. The van der Waals surface area contributed by atoms with Crippen molar-refractivity contribution in [3.8, 4) is 0 Å². The second-order valence-electron chi connectivity index (χ2n) is 23.9. The first-order chi connectivity index (χ1) is 52.2. The highest BCUT2D eigenvalue weighted by Crippen LogP contribution is 2.22. The van der Waals surface area contributed by atoms with E-state index in [-0.39, 0.29) is 61.3 Å². The molecule has 1 fully saturated rings. The maximum Gasteiger partial charge on any atom is 0.323 e. The standard InChI is InChI=1S/C6H9N3O2.C6H12N2O4S2.C6H14N2O2.2C6H13NO2.C5H9NO4.C5H11NO2S.C5H9NO2.C5H11NO2.C4H9NO3.C3H7NO3.C3H7NO2.C2H5NO2.H3N/c7-5(6(10)11)1-4-2-8-3-9-4;7-3(5(9)10)1-13-14-2-4(8)6(11)12;7-4-2-1-3-5(8)6(9)10;1-4(2)3-5(7)6(8)9;1-3-4(2)5(7)6(8)9;6-3(5(9)10)1-2-4(7)8;1-9-3-2-4(6)5(7)8;7-5(8)4-2-1-3-6-4;1-3(2)4(6)5(7)8;1-2(6)3(5)4(7)8;4-2(1-5)3(6)7;1-2(4)3(5)6;3-1-2(4)5;/h2-3,5H,1,7H2,(H,8,9)(H,10,11);3-4H,1-2,7-8H2,(H,9,10)(H,11,12);5H,1-4,7-8H2,(H,9,10);2*4-5H,3,7H2,1-2H3,(H,8,9);3H,1-2,6H2,(H,7,8)(H,9,10);4H,2-3,6H2,1H3,(H,7,8);4,6H,1-3H2,(H,7,8);3-4H,6H2,1-2H3,(H,7,8);2-3,6H,5H2,1H3,(H,7,8);2,5H,1,4H2,(H,6,7);2H,4H2,1H3,(H,5,6);1,3H2,(H,4,5);1H3/t5-;3-,4-;2*5-;4-,5-;3-;3*4-;2-,3+;2*2-;;/m000000000100../s1. The summed E-state index contributed by atoms with van der Waals surface area (Å²) >= 11 is 1.60. The van der Waals surface area contributed by atoms with Crippen LogP contribution in [-0.4, -0.2) is 321 Å². The van der Waals surface area contributed by atoms with Gasteiger partial charge in [0.15, 0.2) is 0 Å². The first kappa shape index (κ1) is 133. The summed E-state index contributed by atoms with van der Waals surface area (Å²) in [5.74, 6) is -13.2. The molecule has 2 rings (SSSR count). The monoisotopic (exact) mass is 1740 g/mol. The first-order valence-electron chi connectivity index (χ1n) is 33.8. The lowest BCUT2D eigenvalue weighted by molar-refractivity contribution is -0.141. The van der Waals surface area contributed by atoms with Crippen LogP contribution in [-0.2, 0) is 78.3 Å². The lowest BCUT2D eigenvalue weighted by atomic mass is 10.0. The van der Waals surface area contributed by atoms with E-state index in [4.69, 9.17) is 161 Å². The molecule has 53 heteroatoms. The molecular weight excluding hydrogens is 1600 g/mol. The number of rotatable bonds is 38. The van der Waals surface area contributed by atoms with E-state index in [1.165, 1.54) is 41.8 Å². The number of aliphatic hydroxyl groups is 2. The minimum absolute atomic E-state index is 0. The van der Waals surface area contributed by atoms with Gasteiger partial charge in [0.2, 0.25) is 0 Å². The number of hydrogen-bond acceptors (Lipinski definition) is 37. The number of aromatic nitrogens is 2. The number of aliphatic hydroxyl groups excluding tert-OH is 2. The SMILES string of the molecule is CC(C)C[C@H](N)C(=O)O.CC(C)[C@H](N)C(=O)O.CC[C@H](C)[C@H](N)C(=O)O.CSCC[C@H](N)C(=O)O.C[C@@H](O)[C@H](N)C(=O)O.C[C@H](N)C(=O)O.N.NCC(=O)O.NCCCC[C@H](N)C(=O)O.N[C@@H](CCC(=O)O)C(=O)O.N[C@@H](CO)C(=O)O.N[C@@H](CSSC[C@H](N)C(=O)O)C(=O)O.N[C@@H](Cc1c[nH]cn1)C(=O)O.O=C(O)[C@@H]1CCCN1. The summed E-state index contributed by atoms with van der Waals surface area (Å²) in [7, 11) is 2.41. The summed E-state index contributed by atoms with van der Waals surface area (Å²) < 4.78 is 0. The third-order valence-corrected chi connectivity index (χ3v) is 15.7. The number of imidazole rings is 1. The Morgan fingerprint density at radius 2 is 0.870 bits per heavy atom. The highest BCUT2D eigenvalue weighted by Gasteiger charge is 2.22. The third-order valence-electron chi connectivity index (χ3n) is 12.6. The molecule has 0 saturated carbocycles. The molecule has 0 radical (unpaired) electrons. The van der Waals surface area contributed by atoms with Crippen LogP contribution >= 0.6 is 33.3 Å². The normalized spacial score (nSPS) is 14.7. The smallest absolute Gasteiger partial charge is 0.323 e. The van der Waals surface area contributed by atoms with Gasteiger partial charge in [0, 0.05) is 30.5 Å². The Hall–Kier alpha value is -8.41. The van der Waals surface area contributed by atoms with Gasteiger partial charge in [-0.1, -0.05) is 76.0 Å². The van der Waals surface area contributed by atoms with E-state index >= 15 is 0 Å². The van der Waals surface area contributed by atoms with E-state index in [1.54, 1.807) is 31.8 Å². The number of nitrogens with one attached hydrogen (secondary N) is 2. The molecule has 0 amide bonds. The Morgan fingerprint density at radius 1 is 0.496 bits per heavy atom. The zero-order valence-electron chi connectivity index (χ0n) is 65.9. The van der Waals surface area contributed by atoms with Crippen LogP contribution in [0.25, 0.3) is 0 Å². The van der Waals surface area contributed by atoms with Crippen LogP contribution in [0, 0.1) is 17.8 Å². The second kappa shape index (κ2) is 85.0. The Balaban J connectivity index is -0.000000100. The lowest BCUT2D eigenvalue weighted by Gasteiger charge is -2.11. The number of H-pyrrole nitrogens is 1. The maximum absolute atomic E-state index is 10.3.